The van der Waals surface area contributed by atoms with E-state index in [2.05, 4.69) is 16.4 Å². The lowest BCUT2D eigenvalue weighted by Gasteiger charge is -2.22. The van der Waals surface area contributed by atoms with Crippen molar-refractivity contribution in [1.29, 1.82) is 0 Å². The molecule has 1 unspecified atom stereocenters. The first-order valence-corrected chi connectivity index (χ1v) is 11.0. The number of fused-ring (bicyclic) bond motifs is 2. The quantitative estimate of drug-likeness (QED) is 0.437. The Hall–Kier alpha value is -2.97. The van der Waals surface area contributed by atoms with Crippen LogP contribution < -0.4 is 4.74 Å². The van der Waals surface area contributed by atoms with Crippen molar-refractivity contribution in [3.63, 3.8) is 0 Å². The summed E-state index contributed by atoms with van der Waals surface area (Å²) in [5, 5.41) is 21.5. The highest BCUT2D eigenvalue weighted by Gasteiger charge is 2.26. The van der Waals surface area contributed by atoms with Crippen LogP contribution in [0.4, 0.5) is 0 Å². The van der Waals surface area contributed by atoms with Gasteiger partial charge in [0.1, 0.15) is 16.8 Å². The third kappa shape index (κ3) is 3.77. The van der Waals surface area contributed by atoms with E-state index in [-0.39, 0.29) is 24.9 Å². The molecule has 0 aliphatic heterocycles. The number of carbonyl (C=O) groups is 1. The van der Waals surface area contributed by atoms with Gasteiger partial charge in [-0.25, -0.2) is 4.68 Å². The highest BCUT2D eigenvalue weighted by molar-refractivity contribution is 7.17. The van der Waals surface area contributed by atoms with E-state index in [1.807, 2.05) is 37.6 Å². The van der Waals surface area contributed by atoms with E-state index in [0.29, 0.717) is 12.4 Å². The zero-order valence-corrected chi connectivity index (χ0v) is 18.8. The SMILES string of the molecule is CCOC(=O)CC(c1cc(CO)c2sccc2c1)c1cc(OC)c2c(nnn2C)c1C. The first-order chi connectivity index (χ1) is 15.0. The summed E-state index contributed by atoms with van der Waals surface area (Å²) in [5.74, 6) is 0.0889. The third-order valence-electron chi connectivity index (χ3n) is 5.63. The van der Waals surface area contributed by atoms with Crippen molar-refractivity contribution < 1.29 is 19.4 Å². The fourth-order valence-corrected chi connectivity index (χ4v) is 5.04. The Morgan fingerprint density at radius 3 is 2.84 bits per heavy atom. The lowest BCUT2D eigenvalue weighted by Crippen LogP contribution is -2.13. The number of rotatable bonds is 7. The Balaban J connectivity index is 1.94. The number of hydrogen-bond donors (Lipinski definition) is 1. The molecule has 2 heterocycles. The molecule has 8 heteroatoms. The summed E-state index contributed by atoms with van der Waals surface area (Å²) in [6.07, 6.45) is 0.171. The Labute approximate surface area is 184 Å². The molecule has 31 heavy (non-hydrogen) atoms. The summed E-state index contributed by atoms with van der Waals surface area (Å²) in [6, 6.07) is 8.06. The van der Waals surface area contributed by atoms with E-state index in [0.717, 1.165) is 43.4 Å². The second kappa shape index (κ2) is 8.64. The van der Waals surface area contributed by atoms with Gasteiger partial charge in [0.05, 0.1) is 26.7 Å². The number of aryl methyl sites for hydroxylation is 2. The van der Waals surface area contributed by atoms with E-state index < -0.39 is 0 Å². The van der Waals surface area contributed by atoms with Gasteiger partial charge in [0.15, 0.2) is 0 Å². The monoisotopic (exact) mass is 439 g/mol. The first-order valence-electron chi connectivity index (χ1n) is 10.1. The molecule has 2 aromatic carbocycles. The Kier molecular flexibility index (Phi) is 5.93. The summed E-state index contributed by atoms with van der Waals surface area (Å²) in [5.41, 5.74) is 5.20. The maximum absolute atomic E-state index is 12.6. The fraction of sp³-hybridized carbons (Fsp3) is 0.348. The summed E-state index contributed by atoms with van der Waals surface area (Å²) in [4.78, 5) is 12.6. The van der Waals surface area contributed by atoms with Crippen molar-refractivity contribution in [3.8, 4) is 5.75 Å². The second-order valence-corrected chi connectivity index (χ2v) is 8.36. The van der Waals surface area contributed by atoms with Crippen LogP contribution in [0.3, 0.4) is 0 Å². The molecule has 1 N–H and O–H groups in total. The summed E-state index contributed by atoms with van der Waals surface area (Å²) in [6.45, 7) is 4.04. The largest absolute Gasteiger partial charge is 0.494 e. The fourth-order valence-electron chi connectivity index (χ4n) is 4.15. The smallest absolute Gasteiger partial charge is 0.306 e. The number of hydrogen-bond acceptors (Lipinski definition) is 7. The number of aliphatic hydroxyl groups excluding tert-OH is 1. The lowest BCUT2D eigenvalue weighted by molar-refractivity contribution is -0.143. The van der Waals surface area contributed by atoms with Crippen LogP contribution in [0.1, 0.15) is 41.5 Å². The molecule has 0 amide bonds. The number of benzene rings is 2. The molecule has 162 valence electrons. The number of ether oxygens (including phenoxy) is 2. The van der Waals surface area contributed by atoms with Gasteiger partial charge in [-0.1, -0.05) is 11.3 Å². The zero-order chi connectivity index (χ0) is 22.1. The highest BCUT2D eigenvalue weighted by atomic mass is 32.1. The molecule has 4 rings (SSSR count). The van der Waals surface area contributed by atoms with Gasteiger partial charge in [-0.2, -0.15) is 0 Å². The first kappa shape index (κ1) is 21.3. The van der Waals surface area contributed by atoms with Crippen LogP contribution in [0, 0.1) is 6.92 Å². The van der Waals surface area contributed by atoms with Crippen molar-refractivity contribution in [2.75, 3.05) is 13.7 Å². The van der Waals surface area contributed by atoms with Crippen LogP contribution >= 0.6 is 11.3 Å². The predicted octanol–water partition coefficient (Wildman–Crippen LogP) is 4.08. The average Bonchev–Trinajstić information content (AvgIpc) is 3.39. The van der Waals surface area contributed by atoms with Crippen molar-refractivity contribution in [2.45, 2.75) is 32.8 Å². The maximum Gasteiger partial charge on any atom is 0.306 e. The number of nitrogens with zero attached hydrogens (tertiary/aromatic N) is 3. The number of carbonyl (C=O) groups excluding carboxylic acids is 1. The molecule has 1 atom stereocenters. The van der Waals surface area contributed by atoms with Crippen LogP contribution in [0.2, 0.25) is 0 Å². The maximum atomic E-state index is 12.6. The summed E-state index contributed by atoms with van der Waals surface area (Å²) in [7, 11) is 3.44. The molecule has 0 radical (unpaired) electrons. The van der Waals surface area contributed by atoms with E-state index in [4.69, 9.17) is 9.47 Å². The minimum absolute atomic E-state index is 0.0670. The van der Waals surface area contributed by atoms with Crippen molar-refractivity contribution >= 4 is 38.4 Å². The topological polar surface area (TPSA) is 86.5 Å². The summed E-state index contributed by atoms with van der Waals surface area (Å²) < 4.78 is 13.7. The van der Waals surface area contributed by atoms with Crippen LogP contribution in [-0.2, 0) is 23.2 Å². The van der Waals surface area contributed by atoms with Crippen molar-refractivity contribution in [3.05, 3.63) is 51.9 Å². The van der Waals surface area contributed by atoms with Gasteiger partial charge < -0.3 is 14.6 Å². The third-order valence-corrected chi connectivity index (χ3v) is 6.64. The molecule has 0 aliphatic carbocycles. The average molecular weight is 440 g/mol. The van der Waals surface area contributed by atoms with E-state index in [1.54, 1.807) is 30.1 Å². The van der Waals surface area contributed by atoms with Gasteiger partial charge in [0.25, 0.3) is 0 Å². The molecule has 0 spiro atoms. The zero-order valence-electron chi connectivity index (χ0n) is 18.0. The molecule has 7 nitrogen and oxygen atoms in total. The minimum atomic E-state index is -0.283. The van der Waals surface area contributed by atoms with Crippen LogP contribution in [-0.4, -0.2) is 39.8 Å². The van der Waals surface area contributed by atoms with Gasteiger partial charge in [-0.05, 0) is 65.1 Å². The molecule has 0 saturated heterocycles. The van der Waals surface area contributed by atoms with Gasteiger partial charge in [0.2, 0.25) is 0 Å². The van der Waals surface area contributed by atoms with Gasteiger partial charge >= 0.3 is 5.97 Å². The van der Waals surface area contributed by atoms with Gasteiger partial charge in [0, 0.05) is 17.7 Å². The highest BCUT2D eigenvalue weighted by Crippen LogP contribution is 2.40. The molecular formula is C23H25N3O4S. The number of esters is 1. The number of methoxy groups -OCH3 is 1. The molecule has 0 fully saturated rings. The summed E-state index contributed by atoms with van der Waals surface area (Å²) >= 11 is 1.60. The molecule has 2 aromatic heterocycles. The van der Waals surface area contributed by atoms with E-state index >= 15 is 0 Å². The number of aromatic nitrogens is 3. The second-order valence-electron chi connectivity index (χ2n) is 7.44. The Morgan fingerprint density at radius 1 is 1.32 bits per heavy atom. The molecule has 0 aliphatic rings. The molecule has 4 aromatic rings. The van der Waals surface area contributed by atoms with Gasteiger partial charge in [-0.15, -0.1) is 16.4 Å². The molecular weight excluding hydrogens is 414 g/mol. The predicted molar refractivity (Wildman–Crippen MR) is 121 cm³/mol. The number of thiophene rings is 1. The molecule has 0 bridgehead atoms. The minimum Gasteiger partial charge on any atom is -0.494 e. The van der Waals surface area contributed by atoms with Crippen LogP contribution in [0.25, 0.3) is 21.1 Å². The van der Waals surface area contributed by atoms with Crippen LogP contribution in [0.5, 0.6) is 5.75 Å². The Morgan fingerprint density at radius 2 is 2.13 bits per heavy atom. The number of aliphatic hydroxyl groups is 1. The normalized spacial score (nSPS) is 12.4. The van der Waals surface area contributed by atoms with Gasteiger partial charge in [-0.3, -0.25) is 4.79 Å². The van der Waals surface area contributed by atoms with E-state index in [1.165, 1.54) is 0 Å². The van der Waals surface area contributed by atoms with E-state index in [9.17, 15) is 9.90 Å². The Bertz CT molecular complexity index is 1260. The van der Waals surface area contributed by atoms with Crippen molar-refractivity contribution in [2.24, 2.45) is 7.05 Å². The van der Waals surface area contributed by atoms with Crippen molar-refractivity contribution in [1.82, 2.24) is 15.0 Å². The lowest BCUT2D eigenvalue weighted by atomic mass is 9.84. The van der Waals surface area contributed by atoms with Crippen LogP contribution in [0.15, 0.2) is 29.6 Å². The standard InChI is InChI=1S/C23H25N3O4S/c1-5-30-20(28)11-18(15-8-14-6-7-31-23(14)16(9-15)12-27)17-10-19(29-4)22-21(13(17)2)24-25-26(22)3/h6-10,18,27H,5,11-12H2,1-4H3. The molecule has 0 saturated carbocycles.